The predicted molar refractivity (Wildman–Crippen MR) is 74.4 cm³/mol. The molecule has 0 aromatic heterocycles. The van der Waals surface area contributed by atoms with Gasteiger partial charge in [-0.2, -0.15) is 4.39 Å². The molecular weight excluding hydrogens is 316 g/mol. The predicted octanol–water partition coefficient (Wildman–Crippen LogP) is 4.03. The van der Waals surface area contributed by atoms with Crippen LogP contribution >= 0.6 is 15.9 Å². The topological polar surface area (TPSA) is 21.3 Å². The second kappa shape index (κ2) is 6.18. The summed E-state index contributed by atoms with van der Waals surface area (Å²) in [5.74, 6) is -1.79. The molecule has 106 valence electrons. The van der Waals surface area contributed by atoms with Gasteiger partial charge in [-0.1, -0.05) is 22.9 Å². The van der Waals surface area contributed by atoms with Crippen LogP contribution in [0, 0.1) is 11.6 Å². The summed E-state index contributed by atoms with van der Waals surface area (Å²) in [6.07, 6.45) is 3.68. The molecule has 1 aliphatic carbocycles. The Morgan fingerprint density at radius 2 is 2.11 bits per heavy atom. The fourth-order valence-electron chi connectivity index (χ4n) is 2.31. The van der Waals surface area contributed by atoms with Crippen molar-refractivity contribution in [2.24, 2.45) is 0 Å². The van der Waals surface area contributed by atoms with Gasteiger partial charge in [0.1, 0.15) is 5.60 Å². The van der Waals surface area contributed by atoms with Gasteiger partial charge in [-0.3, -0.25) is 0 Å². The SMILES string of the molecule is CCNCCC1(Oc2cc(Br)cc(F)c2F)CCC1. The summed E-state index contributed by atoms with van der Waals surface area (Å²) in [6.45, 7) is 3.77. The van der Waals surface area contributed by atoms with Crippen LogP contribution in [0.4, 0.5) is 8.78 Å². The molecule has 0 amide bonds. The van der Waals surface area contributed by atoms with Gasteiger partial charge in [0, 0.05) is 4.47 Å². The Labute approximate surface area is 120 Å². The maximum atomic E-state index is 13.7. The van der Waals surface area contributed by atoms with Crippen LogP contribution in [-0.2, 0) is 0 Å². The van der Waals surface area contributed by atoms with E-state index in [1.807, 2.05) is 6.92 Å². The molecule has 0 heterocycles. The van der Waals surface area contributed by atoms with Gasteiger partial charge in [0.2, 0.25) is 5.82 Å². The summed E-state index contributed by atoms with van der Waals surface area (Å²) >= 11 is 3.16. The first-order valence-corrected chi connectivity index (χ1v) is 7.40. The van der Waals surface area contributed by atoms with E-state index in [9.17, 15) is 8.78 Å². The molecule has 19 heavy (non-hydrogen) atoms. The van der Waals surface area contributed by atoms with Gasteiger partial charge in [-0.05, 0) is 50.9 Å². The summed E-state index contributed by atoms with van der Waals surface area (Å²) in [5, 5.41) is 3.24. The molecule has 1 aliphatic rings. The molecule has 2 nitrogen and oxygen atoms in total. The summed E-state index contributed by atoms with van der Waals surface area (Å²) in [6, 6.07) is 2.60. The maximum Gasteiger partial charge on any atom is 0.200 e. The summed E-state index contributed by atoms with van der Waals surface area (Å²) in [5.41, 5.74) is -0.337. The van der Waals surface area contributed by atoms with Crippen LogP contribution in [0.3, 0.4) is 0 Å². The molecule has 0 bridgehead atoms. The van der Waals surface area contributed by atoms with E-state index in [0.29, 0.717) is 4.47 Å². The van der Waals surface area contributed by atoms with E-state index in [0.717, 1.165) is 44.8 Å². The van der Waals surface area contributed by atoms with E-state index in [2.05, 4.69) is 21.2 Å². The number of benzene rings is 1. The quantitative estimate of drug-likeness (QED) is 0.626. The lowest BCUT2D eigenvalue weighted by atomic mass is 9.77. The molecule has 1 saturated carbocycles. The monoisotopic (exact) mass is 333 g/mol. The average molecular weight is 334 g/mol. The number of hydrogen-bond acceptors (Lipinski definition) is 2. The minimum atomic E-state index is -0.905. The van der Waals surface area contributed by atoms with Gasteiger partial charge >= 0.3 is 0 Å². The Morgan fingerprint density at radius 1 is 1.37 bits per heavy atom. The largest absolute Gasteiger partial charge is 0.484 e. The lowest BCUT2D eigenvalue weighted by Crippen LogP contribution is -2.45. The molecule has 2 rings (SSSR count). The van der Waals surface area contributed by atoms with Crippen LogP contribution in [-0.4, -0.2) is 18.7 Å². The van der Waals surface area contributed by atoms with E-state index in [1.54, 1.807) is 0 Å². The Balaban J connectivity index is 2.10. The first-order valence-electron chi connectivity index (χ1n) is 6.60. The molecular formula is C14H18BrF2NO. The molecule has 0 atom stereocenters. The zero-order chi connectivity index (χ0) is 13.9. The van der Waals surface area contributed by atoms with E-state index in [1.165, 1.54) is 6.07 Å². The van der Waals surface area contributed by atoms with Gasteiger partial charge in [0.25, 0.3) is 0 Å². The fraction of sp³-hybridized carbons (Fsp3) is 0.571. The van der Waals surface area contributed by atoms with Crippen molar-refractivity contribution in [1.82, 2.24) is 5.32 Å². The summed E-state index contributed by atoms with van der Waals surface area (Å²) in [7, 11) is 0. The van der Waals surface area contributed by atoms with Crippen molar-refractivity contribution in [3.63, 3.8) is 0 Å². The van der Waals surface area contributed by atoms with Crippen LogP contribution in [0.25, 0.3) is 0 Å². The van der Waals surface area contributed by atoms with Crippen LogP contribution < -0.4 is 10.1 Å². The van der Waals surface area contributed by atoms with Crippen molar-refractivity contribution in [2.45, 2.75) is 38.2 Å². The van der Waals surface area contributed by atoms with Crippen LogP contribution in [0.5, 0.6) is 5.75 Å². The molecule has 0 unspecified atom stereocenters. The van der Waals surface area contributed by atoms with Crippen molar-refractivity contribution < 1.29 is 13.5 Å². The van der Waals surface area contributed by atoms with Gasteiger partial charge in [0.05, 0.1) is 0 Å². The molecule has 1 aromatic rings. The van der Waals surface area contributed by atoms with Crippen molar-refractivity contribution in [3.8, 4) is 5.75 Å². The molecule has 0 saturated heterocycles. The molecule has 0 radical (unpaired) electrons. The van der Waals surface area contributed by atoms with Crippen molar-refractivity contribution in [3.05, 3.63) is 28.2 Å². The summed E-state index contributed by atoms with van der Waals surface area (Å²) in [4.78, 5) is 0. The second-order valence-electron chi connectivity index (χ2n) is 4.94. The highest BCUT2D eigenvalue weighted by atomic mass is 79.9. The Hall–Kier alpha value is -0.680. The van der Waals surface area contributed by atoms with Gasteiger partial charge in [-0.25, -0.2) is 4.39 Å². The van der Waals surface area contributed by atoms with E-state index >= 15 is 0 Å². The van der Waals surface area contributed by atoms with Crippen molar-refractivity contribution in [1.29, 1.82) is 0 Å². The first-order chi connectivity index (χ1) is 9.06. The lowest BCUT2D eigenvalue weighted by molar-refractivity contribution is -0.0175. The Morgan fingerprint density at radius 3 is 2.68 bits per heavy atom. The van der Waals surface area contributed by atoms with Crippen molar-refractivity contribution in [2.75, 3.05) is 13.1 Å². The fourth-order valence-corrected chi connectivity index (χ4v) is 2.72. The molecule has 1 aromatic carbocycles. The summed E-state index contributed by atoms with van der Waals surface area (Å²) < 4.78 is 33.4. The van der Waals surface area contributed by atoms with Crippen molar-refractivity contribution >= 4 is 15.9 Å². The normalized spacial score (nSPS) is 17.1. The molecule has 0 spiro atoms. The highest BCUT2D eigenvalue weighted by Crippen LogP contribution is 2.40. The molecule has 1 N–H and O–H groups in total. The molecule has 1 fully saturated rings. The standard InChI is InChI=1S/C14H18BrF2NO/c1-2-18-7-6-14(4-3-5-14)19-12-9-10(15)8-11(16)13(12)17/h8-9,18H,2-7H2,1H3. The first kappa shape index (κ1) is 14.7. The third-order valence-electron chi connectivity index (χ3n) is 3.56. The lowest BCUT2D eigenvalue weighted by Gasteiger charge is -2.42. The second-order valence-corrected chi connectivity index (χ2v) is 5.86. The van der Waals surface area contributed by atoms with Gasteiger partial charge in [-0.15, -0.1) is 0 Å². The number of rotatable bonds is 6. The third-order valence-corrected chi connectivity index (χ3v) is 4.02. The number of nitrogens with one attached hydrogen (secondary N) is 1. The molecule has 5 heteroatoms. The third kappa shape index (κ3) is 3.45. The van der Waals surface area contributed by atoms with Gasteiger partial charge in [0.15, 0.2) is 11.6 Å². The Bertz CT molecular complexity index is 449. The van der Waals surface area contributed by atoms with Crippen LogP contribution in [0.1, 0.15) is 32.6 Å². The van der Waals surface area contributed by atoms with Crippen LogP contribution in [0.2, 0.25) is 0 Å². The zero-order valence-corrected chi connectivity index (χ0v) is 12.5. The highest BCUT2D eigenvalue weighted by Gasteiger charge is 2.39. The molecule has 0 aliphatic heterocycles. The number of ether oxygens (including phenoxy) is 1. The minimum Gasteiger partial charge on any atom is -0.484 e. The number of halogens is 3. The maximum absolute atomic E-state index is 13.7. The number of hydrogen-bond donors (Lipinski definition) is 1. The minimum absolute atomic E-state index is 0.00285. The van der Waals surface area contributed by atoms with E-state index in [4.69, 9.17) is 4.74 Å². The van der Waals surface area contributed by atoms with Gasteiger partial charge < -0.3 is 10.1 Å². The van der Waals surface area contributed by atoms with E-state index in [-0.39, 0.29) is 11.4 Å². The van der Waals surface area contributed by atoms with Crippen LogP contribution in [0.15, 0.2) is 16.6 Å². The average Bonchev–Trinajstić information content (AvgIpc) is 2.32. The van der Waals surface area contributed by atoms with E-state index < -0.39 is 11.6 Å². The highest BCUT2D eigenvalue weighted by molar-refractivity contribution is 9.10. The smallest absolute Gasteiger partial charge is 0.200 e. The Kier molecular flexibility index (Phi) is 4.79. The zero-order valence-electron chi connectivity index (χ0n) is 10.9.